The molecule has 0 saturated heterocycles. The lowest BCUT2D eigenvalue weighted by atomic mass is 10.1. The van der Waals surface area contributed by atoms with Crippen molar-refractivity contribution in [2.45, 2.75) is 13.0 Å². The SMILES string of the molecule is COCC(O)CN(C)C(=O)c1ccc(C)cc1. The number of amides is 1. The van der Waals surface area contributed by atoms with Gasteiger partial charge in [0.1, 0.15) is 0 Å². The van der Waals surface area contributed by atoms with Gasteiger partial charge in [0.05, 0.1) is 12.7 Å². The van der Waals surface area contributed by atoms with Crippen molar-refractivity contribution in [3.63, 3.8) is 0 Å². The van der Waals surface area contributed by atoms with E-state index in [0.717, 1.165) is 5.56 Å². The highest BCUT2D eigenvalue weighted by molar-refractivity contribution is 5.94. The van der Waals surface area contributed by atoms with Crippen LogP contribution in [0.1, 0.15) is 15.9 Å². The molecule has 94 valence electrons. The number of aliphatic hydroxyl groups is 1. The molecule has 0 radical (unpaired) electrons. The molecule has 1 aromatic carbocycles. The zero-order valence-corrected chi connectivity index (χ0v) is 10.5. The predicted octanol–water partition coefficient (Wildman–Crippen LogP) is 1.07. The molecule has 0 aliphatic carbocycles. The molecular weight excluding hydrogens is 218 g/mol. The van der Waals surface area contributed by atoms with Crippen LogP contribution in [0.5, 0.6) is 0 Å². The maximum atomic E-state index is 12.0. The van der Waals surface area contributed by atoms with Gasteiger partial charge in [0.15, 0.2) is 0 Å². The average molecular weight is 237 g/mol. The molecule has 1 N–H and O–H groups in total. The summed E-state index contributed by atoms with van der Waals surface area (Å²) in [5, 5.41) is 9.54. The summed E-state index contributed by atoms with van der Waals surface area (Å²) in [6, 6.07) is 7.37. The van der Waals surface area contributed by atoms with Gasteiger partial charge in [-0.15, -0.1) is 0 Å². The van der Waals surface area contributed by atoms with Crippen LogP contribution in [0.2, 0.25) is 0 Å². The number of aryl methyl sites for hydroxylation is 1. The number of hydrogen-bond donors (Lipinski definition) is 1. The Hall–Kier alpha value is -1.39. The number of likely N-dealkylation sites (N-methyl/N-ethyl adjacent to an activating group) is 1. The van der Waals surface area contributed by atoms with E-state index in [9.17, 15) is 9.90 Å². The van der Waals surface area contributed by atoms with Crippen molar-refractivity contribution >= 4 is 5.91 Å². The minimum absolute atomic E-state index is 0.0971. The Morgan fingerprint density at radius 3 is 2.53 bits per heavy atom. The van der Waals surface area contributed by atoms with Crippen LogP contribution >= 0.6 is 0 Å². The normalized spacial score (nSPS) is 12.2. The standard InChI is InChI=1S/C13H19NO3/c1-10-4-6-11(7-5-10)13(16)14(2)8-12(15)9-17-3/h4-7,12,15H,8-9H2,1-3H3. The highest BCUT2D eigenvalue weighted by Crippen LogP contribution is 2.06. The predicted molar refractivity (Wildman–Crippen MR) is 66.0 cm³/mol. The van der Waals surface area contributed by atoms with Crippen LogP contribution in [0.15, 0.2) is 24.3 Å². The van der Waals surface area contributed by atoms with E-state index in [-0.39, 0.29) is 19.1 Å². The van der Waals surface area contributed by atoms with Gasteiger partial charge in [0, 0.05) is 26.3 Å². The van der Waals surface area contributed by atoms with Crippen molar-refractivity contribution in [1.29, 1.82) is 0 Å². The Morgan fingerprint density at radius 1 is 1.41 bits per heavy atom. The summed E-state index contributed by atoms with van der Waals surface area (Å²) in [5.74, 6) is -0.0971. The van der Waals surface area contributed by atoms with Crippen LogP contribution in [0, 0.1) is 6.92 Å². The van der Waals surface area contributed by atoms with E-state index in [0.29, 0.717) is 5.56 Å². The number of rotatable bonds is 5. The molecule has 1 amide bonds. The first-order chi connectivity index (χ1) is 8.04. The lowest BCUT2D eigenvalue weighted by Crippen LogP contribution is -2.36. The third kappa shape index (κ3) is 4.17. The van der Waals surface area contributed by atoms with E-state index in [2.05, 4.69) is 0 Å². The lowest BCUT2D eigenvalue weighted by Gasteiger charge is -2.20. The first-order valence-corrected chi connectivity index (χ1v) is 5.53. The first-order valence-electron chi connectivity index (χ1n) is 5.53. The van der Waals surface area contributed by atoms with Gasteiger partial charge < -0.3 is 14.7 Å². The van der Waals surface area contributed by atoms with Gasteiger partial charge in [-0.3, -0.25) is 4.79 Å². The molecule has 0 heterocycles. The Kier molecular flexibility index (Phi) is 5.12. The second-order valence-electron chi connectivity index (χ2n) is 4.16. The van der Waals surface area contributed by atoms with E-state index in [1.165, 1.54) is 12.0 Å². The van der Waals surface area contributed by atoms with Gasteiger partial charge in [0.25, 0.3) is 5.91 Å². The van der Waals surface area contributed by atoms with Crippen LogP contribution < -0.4 is 0 Å². The number of carbonyl (C=O) groups excluding carboxylic acids is 1. The quantitative estimate of drug-likeness (QED) is 0.833. The number of methoxy groups -OCH3 is 1. The van der Waals surface area contributed by atoms with Crippen molar-refractivity contribution in [3.8, 4) is 0 Å². The molecule has 0 fully saturated rings. The Bertz CT molecular complexity index is 361. The van der Waals surface area contributed by atoms with E-state index < -0.39 is 6.10 Å². The molecule has 0 saturated carbocycles. The Labute approximate surface area is 102 Å². The molecule has 1 atom stereocenters. The van der Waals surface area contributed by atoms with Gasteiger partial charge in [-0.25, -0.2) is 0 Å². The molecule has 1 aromatic rings. The molecule has 0 aromatic heterocycles. The summed E-state index contributed by atoms with van der Waals surface area (Å²) >= 11 is 0. The topological polar surface area (TPSA) is 49.8 Å². The number of benzene rings is 1. The monoisotopic (exact) mass is 237 g/mol. The third-order valence-corrected chi connectivity index (χ3v) is 2.49. The van der Waals surface area contributed by atoms with Crippen molar-refractivity contribution in [1.82, 2.24) is 4.90 Å². The fraction of sp³-hybridized carbons (Fsp3) is 0.462. The fourth-order valence-electron chi connectivity index (χ4n) is 1.56. The highest BCUT2D eigenvalue weighted by Gasteiger charge is 2.14. The van der Waals surface area contributed by atoms with E-state index in [4.69, 9.17) is 4.74 Å². The summed E-state index contributed by atoms with van der Waals surface area (Å²) < 4.78 is 4.82. The minimum atomic E-state index is -0.653. The molecule has 0 bridgehead atoms. The summed E-state index contributed by atoms with van der Waals surface area (Å²) in [6.07, 6.45) is -0.653. The van der Waals surface area contributed by atoms with Crippen molar-refractivity contribution in [3.05, 3.63) is 35.4 Å². The molecule has 0 aliphatic heterocycles. The van der Waals surface area contributed by atoms with Crippen LogP contribution in [0.25, 0.3) is 0 Å². The van der Waals surface area contributed by atoms with Crippen LogP contribution in [-0.2, 0) is 4.74 Å². The lowest BCUT2D eigenvalue weighted by molar-refractivity contribution is 0.0380. The zero-order valence-electron chi connectivity index (χ0n) is 10.5. The molecular formula is C13H19NO3. The molecule has 0 spiro atoms. The van der Waals surface area contributed by atoms with Gasteiger partial charge in [0.2, 0.25) is 0 Å². The average Bonchev–Trinajstić information content (AvgIpc) is 2.29. The van der Waals surface area contributed by atoms with Gasteiger partial charge in [-0.05, 0) is 19.1 Å². The zero-order chi connectivity index (χ0) is 12.8. The third-order valence-electron chi connectivity index (χ3n) is 2.49. The summed E-state index contributed by atoms with van der Waals surface area (Å²) in [6.45, 7) is 2.46. The smallest absolute Gasteiger partial charge is 0.253 e. The molecule has 1 rings (SSSR count). The number of hydrogen-bond acceptors (Lipinski definition) is 3. The molecule has 17 heavy (non-hydrogen) atoms. The molecule has 1 unspecified atom stereocenters. The van der Waals surface area contributed by atoms with Crippen molar-refractivity contribution < 1.29 is 14.6 Å². The number of aliphatic hydroxyl groups excluding tert-OH is 1. The van der Waals surface area contributed by atoms with Gasteiger partial charge >= 0.3 is 0 Å². The maximum Gasteiger partial charge on any atom is 0.253 e. The molecule has 4 heteroatoms. The summed E-state index contributed by atoms with van der Waals surface area (Å²) in [5.41, 5.74) is 1.74. The number of nitrogens with zero attached hydrogens (tertiary/aromatic N) is 1. The Morgan fingerprint density at radius 2 is 2.00 bits per heavy atom. The van der Waals surface area contributed by atoms with Crippen molar-refractivity contribution in [2.24, 2.45) is 0 Å². The van der Waals surface area contributed by atoms with Crippen molar-refractivity contribution in [2.75, 3.05) is 27.3 Å². The van der Waals surface area contributed by atoms with E-state index in [1.54, 1.807) is 19.2 Å². The second kappa shape index (κ2) is 6.37. The van der Waals surface area contributed by atoms with E-state index in [1.807, 2.05) is 19.1 Å². The fourth-order valence-corrected chi connectivity index (χ4v) is 1.56. The van der Waals surface area contributed by atoms with Gasteiger partial charge in [-0.1, -0.05) is 17.7 Å². The molecule has 4 nitrogen and oxygen atoms in total. The minimum Gasteiger partial charge on any atom is -0.389 e. The largest absolute Gasteiger partial charge is 0.389 e. The number of ether oxygens (including phenoxy) is 1. The van der Waals surface area contributed by atoms with Crippen LogP contribution in [0.3, 0.4) is 0 Å². The Balaban J connectivity index is 2.60. The second-order valence-corrected chi connectivity index (χ2v) is 4.16. The van der Waals surface area contributed by atoms with Gasteiger partial charge in [-0.2, -0.15) is 0 Å². The van der Waals surface area contributed by atoms with Crippen LogP contribution in [-0.4, -0.2) is 49.3 Å². The summed E-state index contributed by atoms with van der Waals surface area (Å²) in [7, 11) is 3.19. The van der Waals surface area contributed by atoms with Crippen LogP contribution in [0.4, 0.5) is 0 Å². The highest BCUT2D eigenvalue weighted by atomic mass is 16.5. The summed E-state index contributed by atoms with van der Waals surface area (Å²) in [4.78, 5) is 13.5. The number of carbonyl (C=O) groups is 1. The molecule has 0 aliphatic rings. The van der Waals surface area contributed by atoms with E-state index >= 15 is 0 Å². The first kappa shape index (κ1) is 13.7. The maximum absolute atomic E-state index is 12.0.